The molecule has 2 atom stereocenters. The number of rotatable bonds is 3. The summed E-state index contributed by atoms with van der Waals surface area (Å²) >= 11 is 1.44. The van der Waals surface area contributed by atoms with Gasteiger partial charge in [0.25, 0.3) is 5.91 Å². The first-order valence-corrected chi connectivity index (χ1v) is 7.30. The number of aliphatic hydroxyl groups excluding tert-OH is 2. The molecule has 0 spiro atoms. The van der Waals surface area contributed by atoms with Crippen LogP contribution >= 0.6 is 11.3 Å². The highest BCUT2D eigenvalue weighted by Crippen LogP contribution is 2.62. The number of likely N-dealkylation sites (tertiary alicyclic amines) is 1. The third-order valence-electron chi connectivity index (χ3n) is 4.66. The first kappa shape index (κ1) is 13.0. The molecule has 5 nitrogen and oxygen atoms in total. The maximum atomic E-state index is 12.4. The van der Waals surface area contributed by atoms with E-state index in [1.807, 2.05) is 18.7 Å². The Morgan fingerprint density at radius 3 is 2.37 bits per heavy atom. The lowest BCUT2D eigenvalue weighted by Crippen LogP contribution is -2.36. The monoisotopic (exact) mass is 282 g/mol. The molecule has 1 saturated carbocycles. The molecule has 0 radical (unpaired) electrons. The van der Waals surface area contributed by atoms with Crippen molar-refractivity contribution >= 4 is 17.2 Å². The number of nitrogens with zero attached hydrogens (tertiary/aromatic N) is 2. The van der Waals surface area contributed by atoms with Crippen LogP contribution in [0, 0.1) is 31.1 Å². The minimum absolute atomic E-state index is 0.0134. The normalized spacial score (nSPS) is 27.5. The van der Waals surface area contributed by atoms with Gasteiger partial charge in [-0.25, -0.2) is 4.98 Å². The van der Waals surface area contributed by atoms with E-state index in [0.717, 1.165) is 15.6 Å². The molecule has 1 aromatic rings. The molecule has 1 saturated heterocycles. The molecular formula is C13H18N2O3S. The van der Waals surface area contributed by atoms with Gasteiger partial charge in [-0.1, -0.05) is 0 Å². The van der Waals surface area contributed by atoms with Crippen molar-refractivity contribution in [2.45, 2.75) is 13.8 Å². The predicted molar refractivity (Wildman–Crippen MR) is 71.1 cm³/mol. The van der Waals surface area contributed by atoms with Crippen molar-refractivity contribution in [2.75, 3.05) is 26.3 Å². The van der Waals surface area contributed by atoms with Crippen LogP contribution in [0.4, 0.5) is 0 Å². The lowest BCUT2D eigenvalue weighted by atomic mass is 10.0. The van der Waals surface area contributed by atoms with Gasteiger partial charge in [-0.15, -0.1) is 11.3 Å². The summed E-state index contributed by atoms with van der Waals surface area (Å²) in [7, 11) is 0. The van der Waals surface area contributed by atoms with Crippen LogP contribution in [0.2, 0.25) is 0 Å². The number of aryl methyl sites for hydroxylation is 2. The second-order valence-corrected chi connectivity index (χ2v) is 6.82. The standard InChI is InChI=1S/C13H18N2O3S/c1-7-11(19-8(2)14-7)12(18)15-3-9-10(4-15)13(9,5-16)6-17/h9-10,16-17H,3-6H2,1-2H3. The first-order valence-electron chi connectivity index (χ1n) is 6.48. The third kappa shape index (κ3) is 1.74. The van der Waals surface area contributed by atoms with Crippen LogP contribution in [-0.2, 0) is 0 Å². The van der Waals surface area contributed by atoms with Gasteiger partial charge in [-0.05, 0) is 25.7 Å². The third-order valence-corrected chi connectivity index (χ3v) is 5.72. The van der Waals surface area contributed by atoms with Crippen molar-refractivity contribution in [2.24, 2.45) is 17.3 Å². The Balaban J connectivity index is 1.72. The summed E-state index contributed by atoms with van der Waals surface area (Å²) in [4.78, 5) is 19.2. The largest absolute Gasteiger partial charge is 0.396 e. The summed E-state index contributed by atoms with van der Waals surface area (Å²) < 4.78 is 0. The van der Waals surface area contributed by atoms with E-state index in [-0.39, 0.29) is 36.4 Å². The Hall–Kier alpha value is -0.980. The number of piperidine rings is 1. The zero-order chi connectivity index (χ0) is 13.8. The smallest absolute Gasteiger partial charge is 0.265 e. The van der Waals surface area contributed by atoms with Gasteiger partial charge in [0, 0.05) is 18.5 Å². The van der Waals surface area contributed by atoms with Crippen molar-refractivity contribution in [1.82, 2.24) is 9.88 Å². The van der Waals surface area contributed by atoms with Gasteiger partial charge >= 0.3 is 0 Å². The van der Waals surface area contributed by atoms with E-state index >= 15 is 0 Å². The van der Waals surface area contributed by atoms with Crippen molar-refractivity contribution in [3.63, 3.8) is 0 Å². The number of aromatic nitrogens is 1. The van der Waals surface area contributed by atoms with E-state index in [0.29, 0.717) is 13.1 Å². The molecule has 1 aliphatic carbocycles. The van der Waals surface area contributed by atoms with Crippen LogP contribution in [0.15, 0.2) is 0 Å². The van der Waals surface area contributed by atoms with E-state index in [2.05, 4.69) is 4.98 Å². The Kier molecular flexibility index (Phi) is 2.92. The van der Waals surface area contributed by atoms with E-state index in [1.54, 1.807) is 0 Å². The van der Waals surface area contributed by atoms with Crippen LogP contribution in [0.25, 0.3) is 0 Å². The molecule has 2 N–H and O–H groups in total. The summed E-state index contributed by atoms with van der Waals surface area (Å²) in [6.07, 6.45) is 0. The quantitative estimate of drug-likeness (QED) is 0.843. The van der Waals surface area contributed by atoms with Crippen molar-refractivity contribution in [3.8, 4) is 0 Å². The molecule has 2 heterocycles. The maximum absolute atomic E-state index is 12.4. The SMILES string of the molecule is Cc1nc(C)c(C(=O)N2CC3C(C2)C3(CO)CO)s1. The van der Waals surface area contributed by atoms with Crippen LogP contribution < -0.4 is 0 Å². The lowest BCUT2D eigenvalue weighted by Gasteiger charge is -2.23. The number of carbonyl (C=O) groups is 1. The fourth-order valence-electron chi connectivity index (χ4n) is 3.40. The second-order valence-electron chi connectivity index (χ2n) is 5.62. The molecule has 2 unspecified atom stereocenters. The zero-order valence-electron chi connectivity index (χ0n) is 11.1. The summed E-state index contributed by atoms with van der Waals surface area (Å²) in [5, 5.41) is 19.7. The minimum atomic E-state index is -0.338. The maximum Gasteiger partial charge on any atom is 0.265 e. The van der Waals surface area contributed by atoms with E-state index < -0.39 is 0 Å². The first-order chi connectivity index (χ1) is 9.03. The number of carbonyl (C=O) groups excluding carboxylic acids is 1. The van der Waals surface area contributed by atoms with Gasteiger partial charge in [-0.3, -0.25) is 4.79 Å². The molecule has 19 heavy (non-hydrogen) atoms. The molecule has 2 fully saturated rings. The Bertz CT molecular complexity index is 510. The van der Waals surface area contributed by atoms with Crippen molar-refractivity contribution in [3.05, 3.63) is 15.6 Å². The fraction of sp³-hybridized carbons (Fsp3) is 0.692. The van der Waals surface area contributed by atoms with Crippen LogP contribution in [-0.4, -0.2) is 52.3 Å². The molecule has 0 aromatic carbocycles. The molecule has 3 rings (SSSR count). The number of hydrogen-bond donors (Lipinski definition) is 2. The number of fused-ring (bicyclic) bond motifs is 1. The average molecular weight is 282 g/mol. The molecule has 1 aromatic heterocycles. The summed E-state index contributed by atoms with van der Waals surface area (Å²) in [6.45, 7) is 5.07. The van der Waals surface area contributed by atoms with Crippen LogP contribution in [0.5, 0.6) is 0 Å². The molecule has 1 amide bonds. The summed E-state index contributed by atoms with van der Waals surface area (Å²) in [5.74, 6) is 0.543. The number of thiazole rings is 1. The van der Waals surface area contributed by atoms with Crippen molar-refractivity contribution in [1.29, 1.82) is 0 Å². The number of hydrogen-bond acceptors (Lipinski definition) is 5. The minimum Gasteiger partial charge on any atom is -0.396 e. The van der Waals surface area contributed by atoms with E-state index in [9.17, 15) is 15.0 Å². The molecule has 2 aliphatic rings. The molecular weight excluding hydrogens is 264 g/mol. The van der Waals surface area contributed by atoms with Gasteiger partial charge in [-0.2, -0.15) is 0 Å². The second kappa shape index (κ2) is 4.26. The molecule has 1 aliphatic heterocycles. The lowest BCUT2D eigenvalue weighted by molar-refractivity contribution is 0.0640. The van der Waals surface area contributed by atoms with Crippen LogP contribution in [0.3, 0.4) is 0 Å². The van der Waals surface area contributed by atoms with Crippen LogP contribution in [0.1, 0.15) is 20.4 Å². The molecule has 0 bridgehead atoms. The van der Waals surface area contributed by atoms with Gasteiger partial charge in [0.2, 0.25) is 0 Å². The number of amides is 1. The zero-order valence-corrected chi connectivity index (χ0v) is 11.9. The number of aliphatic hydroxyl groups is 2. The van der Waals surface area contributed by atoms with E-state index in [4.69, 9.17) is 0 Å². The van der Waals surface area contributed by atoms with Gasteiger partial charge in [0.15, 0.2) is 0 Å². The van der Waals surface area contributed by atoms with Gasteiger partial charge < -0.3 is 15.1 Å². The Labute approximate surface area is 115 Å². The van der Waals surface area contributed by atoms with Gasteiger partial charge in [0.1, 0.15) is 4.88 Å². The van der Waals surface area contributed by atoms with E-state index in [1.165, 1.54) is 11.3 Å². The highest BCUT2D eigenvalue weighted by Gasteiger charge is 2.68. The average Bonchev–Trinajstić information content (AvgIpc) is 2.70. The van der Waals surface area contributed by atoms with Gasteiger partial charge in [0.05, 0.1) is 23.9 Å². The fourth-order valence-corrected chi connectivity index (χ4v) is 4.28. The predicted octanol–water partition coefficient (Wildman–Crippen LogP) is 0.433. The Morgan fingerprint density at radius 1 is 1.37 bits per heavy atom. The molecule has 6 heteroatoms. The van der Waals surface area contributed by atoms with Crippen molar-refractivity contribution < 1.29 is 15.0 Å². The Morgan fingerprint density at radius 2 is 1.95 bits per heavy atom. The molecule has 104 valence electrons. The highest BCUT2D eigenvalue weighted by molar-refractivity contribution is 7.13. The summed E-state index contributed by atoms with van der Waals surface area (Å²) in [5.41, 5.74) is 0.457. The summed E-state index contributed by atoms with van der Waals surface area (Å²) in [6, 6.07) is 0. The topological polar surface area (TPSA) is 73.7 Å². The highest BCUT2D eigenvalue weighted by atomic mass is 32.1.